The summed E-state index contributed by atoms with van der Waals surface area (Å²) in [7, 11) is -1.02. The zero-order chi connectivity index (χ0) is 17.5. The molecule has 1 saturated heterocycles. The molecular weight excluding hydrogens is 310 g/mol. The highest BCUT2D eigenvalue weighted by Crippen LogP contribution is 2.40. The normalized spacial score (nSPS) is 20.2. The van der Waals surface area contributed by atoms with Crippen LogP contribution in [0.25, 0.3) is 11.5 Å². The second-order valence-corrected chi connectivity index (χ2v) is 6.78. The summed E-state index contributed by atoms with van der Waals surface area (Å²) in [6, 6.07) is 1.72. The Hall–Kier alpha value is -2.06. The Kier molecular flexibility index (Phi) is 4.05. The first-order chi connectivity index (χ1) is 11.2. The fourth-order valence-corrected chi connectivity index (χ4v) is 2.30. The van der Waals surface area contributed by atoms with Crippen molar-refractivity contribution in [3.63, 3.8) is 0 Å². The van der Waals surface area contributed by atoms with Crippen molar-refractivity contribution in [2.75, 3.05) is 0 Å². The third-order valence-electron chi connectivity index (χ3n) is 4.59. The van der Waals surface area contributed by atoms with Crippen molar-refractivity contribution in [2.24, 2.45) is 0 Å². The molecule has 2 aromatic rings. The summed E-state index contributed by atoms with van der Waals surface area (Å²) in [5, 5.41) is 4.18. The molecule has 6 nitrogen and oxygen atoms in total. The Morgan fingerprint density at radius 3 is 2.29 bits per heavy atom. The van der Waals surface area contributed by atoms with E-state index in [2.05, 4.69) is 15.1 Å². The largest absolute Gasteiger partial charge is 0.525 e. The topological polar surface area (TPSA) is 62.1 Å². The molecule has 1 aliphatic rings. The Labute approximate surface area is 140 Å². The summed E-state index contributed by atoms with van der Waals surface area (Å²) >= 11 is 0. The third-order valence-corrected chi connectivity index (χ3v) is 4.59. The van der Waals surface area contributed by atoms with Crippen LogP contribution in [0, 0.1) is 0 Å². The molecule has 1 fully saturated rings. The third kappa shape index (κ3) is 2.87. The van der Waals surface area contributed by atoms with Gasteiger partial charge in [-0.25, -0.2) is 19.0 Å². The van der Waals surface area contributed by atoms with Gasteiger partial charge >= 0.3 is 7.12 Å². The smallest absolute Gasteiger partial charge is 0.398 e. The van der Waals surface area contributed by atoms with Crippen molar-refractivity contribution in [1.82, 2.24) is 19.7 Å². The first-order valence-electron chi connectivity index (χ1n) is 7.75. The summed E-state index contributed by atoms with van der Waals surface area (Å²) in [6.07, 6.45) is 6.49. The second kappa shape index (κ2) is 5.79. The SMILES string of the molecule is CC(=C(F)B1OC(C)(C)C(C)(C)O1)c1cnn(-c2ncccn2)c1. The molecule has 3 heterocycles. The summed E-state index contributed by atoms with van der Waals surface area (Å²) in [4.78, 5) is 8.22. The van der Waals surface area contributed by atoms with E-state index in [1.165, 1.54) is 4.68 Å². The van der Waals surface area contributed by atoms with Gasteiger partial charge in [-0.1, -0.05) is 0 Å². The second-order valence-electron chi connectivity index (χ2n) is 6.78. The van der Waals surface area contributed by atoms with Crippen molar-refractivity contribution < 1.29 is 13.7 Å². The van der Waals surface area contributed by atoms with Gasteiger partial charge < -0.3 is 9.31 Å². The minimum Gasteiger partial charge on any atom is -0.398 e. The molecule has 0 saturated carbocycles. The minimum atomic E-state index is -1.02. The van der Waals surface area contributed by atoms with Crippen molar-refractivity contribution in [3.8, 4) is 5.95 Å². The predicted octanol–water partition coefficient (Wildman–Crippen LogP) is 2.99. The average molecular weight is 330 g/mol. The summed E-state index contributed by atoms with van der Waals surface area (Å²) in [5.41, 5.74) is -0.596. The molecule has 0 unspecified atom stereocenters. The molecule has 0 amide bonds. The lowest BCUT2D eigenvalue weighted by Crippen LogP contribution is -2.41. The molecule has 0 aliphatic carbocycles. The van der Waals surface area contributed by atoms with E-state index in [0.717, 1.165) is 0 Å². The van der Waals surface area contributed by atoms with Crippen molar-refractivity contribution >= 4 is 12.7 Å². The van der Waals surface area contributed by atoms with Crippen LogP contribution in [-0.2, 0) is 9.31 Å². The van der Waals surface area contributed by atoms with Crippen LogP contribution in [0.15, 0.2) is 36.6 Å². The molecule has 3 rings (SSSR count). The molecule has 2 aromatic heterocycles. The van der Waals surface area contributed by atoms with Gasteiger partial charge in [0.1, 0.15) is 5.73 Å². The lowest BCUT2D eigenvalue weighted by molar-refractivity contribution is 0.00578. The van der Waals surface area contributed by atoms with Crippen molar-refractivity contribution in [2.45, 2.75) is 45.8 Å². The van der Waals surface area contributed by atoms with E-state index in [1.807, 2.05) is 27.7 Å². The maximum atomic E-state index is 14.8. The van der Waals surface area contributed by atoms with Crippen LogP contribution >= 0.6 is 0 Å². The fourth-order valence-electron chi connectivity index (χ4n) is 2.30. The van der Waals surface area contributed by atoms with E-state index in [9.17, 15) is 4.39 Å². The maximum Gasteiger partial charge on any atom is 0.525 e. The minimum absolute atomic E-state index is 0.413. The summed E-state index contributed by atoms with van der Waals surface area (Å²) in [6.45, 7) is 9.23. The van der Waals surface area contributed by atoms with E-state index < -0.39 is 24.0 Å². The standard InChI is InChI=1S/C16H20BFN4O2/c1-11(13(18)17-23-15(2,3)16(4,5)24-17)12-9-21-22(10-12)14-19-7-6-8-20-14/h6-10H,1-5H3. The van der Waals surface area contributed by atoms with Gasteiger partial charge in [0.05, 0.1) is 17.4 Å². The van der Waals surface area contributed by atoms with Crippen molar-refractivity contribution in [3.05, 3.63) is 42.1 Å². The Balaban J connectivity index is 1.87. The molecule has 0 bridgehead atoms. The van der Waals surface area contributed by atoms with Gasteiger partial charge in [0.25, 0.3) is 0 Å². The van der Waals surface area contributed by atoms with Crippen LogP contribution in [0.3, 0.4) is 0 Å². The molecule has 0 atom stereocenters. The summed E-state index contributed by atoms with van der Waals surface area (Å²) in [5.74, 6) is 0.424. The molecule has 0 spiro atoms. The van der Waals surface area contributed by atoms with E-state index in [-0.39, 0.29) is 0 Å². The lowest BCUT2D eigenvalue weighted by atomic mass is 9.84. The lowest BCUT2D eigenvalue weighted by Gasteiger charge is -2.32. The molecule has 0 aromatic carbocycles. The van der Waals surface area contributed by atoms with Crippen LogP contribution in [0.2, 0.25) is 0 Å². The highest BCUT2D eigenvalue weighted by molar-refractivity contribution is 6.55. The Morgan fingerprint density at radius 1 is 1.12 bits per heavy atom. The van der Waals surface area contributed by atoms with Crippen LogP contribution < -0.4 is 0 Å². The summed E-state index contributed by atoms with van der Waals surface area (Å²) < 4.78 is 27.8. The number of aromatic nitrogens is 4. The van der Waals surface area contributed by atoms with Crippen LogP contribution in [0.5, 0.6) is 0 Å². The number of halogens is 1. The monoisotopic (exact) mass is 330 g/mol. The quantitative estimate of drug-likeness (QED) is 0.810. The molecule has 8 heteroatoms. The van der Waals surface area contributed by atoms with E-state index in [1.54, 1.807) is 37.8 Å². The average Bonchev–Trinajstić information content (AvgIpc) is 3.10. The Morgan fingerprint density at radius 2 is 1.71 bits per heavy atom. The van der Waals surface area contributed by atoms with Gasteiger partial charge in [0.15, 0.2) is 0 Å². The number of hydrogen-bond donors (Lipinski definition) is 0. The molecule has 0 radical (unpaired) electrons. The first kappa shape index (κ1) is 16.8. The number of nitrogens with zero attached hydrogens (tertiary/aromatic N) is 4. The fraction of sp³-hybridized carbons (Fsp3) is 0.438. The van der Waals surface area contributed by atoms with Gasteiger partial charge in [0.2, 0.25) is 5.95 Å². The number of allylic oxidation sites excluding steroid dienone is 1. The van der Waals surface area contributed by atoms with Gasteiger partial charge in [-0.2, -0.15) is 5.10 Å². The van der Waals surface area contributed by atoms with Gasteiger partial charge in [-0.05, 0) is 46.3 Å². The predicted molar refractivity (Wildman–Crippen MR) is 88.9 cm³/mol. The van der Waals surface area contributed by atoms with Crippen molar-refractivity contribution in [1.29, 1.82) is 0 Å². The highest BCUT2D eigenvalue weighted by Gasteiger charge is 2.53. The number of hydrogen-bond acceptors (Lipinski definition) is 5. The molecule has 0 N–H and O–H groups in total. The molecule has 126 valence electrons. The number of rotatable bonds is 3. The molecule has 24 heavy (non-hydrogen) atoms. The van der Waals surface area contributed by atoms with Gasteiger partial charge in [-0.3, -0.25) is 0 Å². The maximum absolute atomic E-state index is 14.8. The Bertz CT molecular complexity index is 757. The van der Waals surface area contributed by atoms with Crippen LogP contribution in [-0.4, -0.2) is 38.1 Å². The zero-order valence-electron chi connectivity index (χ0n) is 14.4. The highest BCUT2D eigenvalue weighted by atomic mass is 19.1. The molecular formula is C16H20BFN4O2. The van der Waals surface area contributed by atoms with E-state index in [4.69, 9.17) is 9.31 Å². The van der Waals surface area contributed by atoms with Gasteiger partial charge in [-0.15, -0.1) is 0 Å². The van der Waals surface area contributed by atoms with E-state index >= 15 is 0 Å². The zero-order valence-corrected chi connectivity index (χ0v) is 14.4. The van der Waals surface area contributed by atoms with Crippen LogP contribution in [0.4, 0.5) is 4.39 Å². The van der Waals surface area contributed by atoms with Crippen LogP contribution in [0.1, 0.15) is 40.2 Å². The molecule has 1 aliphatic heterocycles. The van der Waals surface area contributed by atoms with Gasteiger partial charge in [0, 0.05) is 24.2 Å². The first-order valence-corrected chi connectivity index (χ1v) is 7.75. The van der Waals surface area contributed by atoms with E-state index in [0.29, 0.717) is 17.1 Å².